The van der Waals surface area contributed by atoms with Crippen molar-refractivity contribution in [3.8, 4) is 0 Å². The van der Waals surface area contributed by atoms with Gasteiger partial charge in [-0.15, -0.1) is 0 Å². The highest BCUT2D eigenvalue weighted by Crippen LogP contribution is 2.66. The summed E-state index contributed by atoms with van der Waals surface area (Å²) in [5.41, 5.74) is 1.34. The Hall–Kier alpha value is -0.0800. The second-order valence-electron chi connectivity index (χ2n) is 10.8. The molecule has 0 radical (unpaired) electrons. The molecule has 0 aromatic rings. The normalized spacial score (nSPS) is 53.8. The molecule has 1 heterocycles. The van der Waals surface area contributed by atoms with Crippen LogP contribution in [0.15, 0.2) is 0 Å². The van der Waals surface area contributed by atoms with Crippen molar-refractivity contribution in [3.63, 3.8) is 0 Å². The van der Waals surface area contributed by atoms with Crippen molar-refractivity contribution in [3.05, 3.63) is 0 Å². The van der Waals surface area contributed by atoms with Crippen LogP contribution >= 0.6 is 0 Å². The molecule has 7 atom stereocenters. The van der Waals surface area contributed by atoms with Gasteiger partial charge in [-0.3, -0.25) is 4.90 Å². The first-order valence-electron chi connectivity index (χ1n) is 11.4. The third-order valence-corrected chi connectivity index (χ3v) is 9.93. The molecule has 4 saturated carbocycles. The fraction of sp³-hybridized carbons (Fsp3) is 1.00. The first-order valence-corrected chi connectivity index (χ1v) is 11.4. The van der Waals surface area contributed by atoms with Crippen LogP contribution in [0.3, 0.4) is 0 Å². The summed E-state index contributed by atoms with van der Waals surface area (Å²) in [6.45, 7) is 9.66. The Balaban J connectivity index is 1.38. The molecule has 0 bridgehead atoms. The summed E-state index contributed by atoms with van der Waals surface area (Å²) in [4.78, 5) is 2.79. The standard InChI is InChI=1S/C23H39NO/c1-22-10-3-4-20(22)19-8-6-17-5-7-18(24-12-14-25-15-13-24)16-23(17,2)21(19)9-11-22/h17-21H,3-16H2,1-2H3/t17?,18?,19-,20-,21+,22-,23-/m0/s1. The van der Waals surface area contributed by atoms with Crippen molar-refractivity contribution < 1.29 is 4.74 Å². The number of hydrogen-bond donors (Lipinski definition) is 0. The van der Waals surface area contributed by atoms with E-state index in [0.717, 1.165) is 42.9 Å². The zero-order valence-corrected chi connectivity index (χ0v) is 16.6. The van der Waals surface area contributed by atoms with Crippen LogP contribution in [0.4, 0.5) is 0 Å². The average molecular weight is 346 g/mol. The number of ether oxygens (including phenoxy) is 1. The van der Waals surface area contributed by atoms with Crippen LogP contribution in [0.1, 0.15) is 78.1 Å². The molecule has 5 aliphatic rings. The lowest BCUT2D eigenvalue weighted by molar-refractivity contribution is -0.122. The van der Waals surface area contributed by atoms with Crippen LogP contribution in [-0.4, -0.2) is 37.2 Å². The van der Waals surface area contributed by atoms with Crippen LogP contribution in [-0.2, 0) is 4.74 Å². The second kappa shape index (κ2) is 6.23. The lowest BCUT2D eigenvalue weighted by Crippen LogP contribution is -2.56. The maximum absolute atomic E-state index is 5.62. The van der Waals surface area contributed by atoms with Crippen LogP contribution in [0.5, 0.6) is 0 Å². The van der Waals surface area contributed by atoms with Gasteiger partial charge >= 0.3 is 0 Å². The SMILES string of the molecule is C[C@@]12CCC[C@H]1[C@@H]1CCC3CCC(N4CCOCC4)C[C@]3(C)[C@@H]1CC2. The molecule has 2 unspecified atom stereocenters. The Bertz CT molecular complexity index is 500. The van der Waals surface area contributed by atoms with E-state index in [2.05, 4.69) is 18.7 Å². The quantitative estimate of drug-likeness (QED) is 0.654. The van der Waals surface area contributed by atoms with Crippen LogP contribution < -0.4 is 0 Å². The van der Waals surface area contributed by atoms with Gasteiger partial charge < -0.3 is 4.74 Å². The minimum absolute atomic E-state index is 0.633. The summed E-state index contributed by atoms with van der Waals surface area (Å²) < 4.78 is 5.62. The van der Waals surface area contributed by atoms with Gasteiger partial charge in [0.2, 0.25) is 0 Å². The molecule has 0 N–H and O–H groups in total. The summed E-state index contributed by atoms with van der Waals surface area (Å²) in [7, 11) is 0. The predicted octanol–water partition coefficient (Wildman–Crippen LogP) is 5.12. The smallest absolute Gasteiger partial charge is 0.0594 e. The molecule has 4 aliphatic carbocycles. The molecule has 142 valence electrons. The molecule has 0 spiro atoms. The molecule has 2 heteroatoms. The number of rotatable bonds is 1. The molecular weight excluding hydrogens is 306 g/mol. The average Bonchev–Trinajstić information content (AvgIpc) is 3.03. The van der Waals surface area contributed by atoms with Gasteiger partial charge in [0.25, 0.3) is 0 Å². The summed E-state index contributed by atoms with van der Waals surface area (Å²) in [6.07, 6.45) is 15.2. The van der Waals surface area contributed by atoms with Gasteiger partial charge in [-0.05, 0) is 92.3 Å². The van der Waals surface area contributed by atoms with E-state index >= 15 is 0 Å². The minimum atomic E-state index is 0.633. The Morgan fingerprint density at radius 3 is 2.48 bits per heavy atom. The Labute approximate surface area is 155 Å². The lowest BCUT2D eigenvalue weighted by Gasteiger charge is -2.61. The summed E-state index contributed by atoms with van der Waals surface area (Å²) in [5, 5.41) is 0. The molecule has 25 heavy (non-hydrogen) atoms. The second-order valence-corrected chi connectivity index (χ2v) is 10.8. The summed E-state index contributed by atoms with van der Waals surface area (Å²) in [5.74, 6) is 4.18. The highest BCUT2D eigenvalue weighted by molar-refractivity contribution is 5.08. The van der Waals surface area contributed by atoms with E-state index in [1.165, 1.54) is 51.6 Å². The number of nitrogens with zero attached hydrogens (tertiary/aromatic N) is 1. The van der Waals surface area contributed by atoms with Gasteiger partial charge in [0.1, 0.15) is 0 Å². The topological polar surface area (TPSA) is 12.5 Å². The lowest BCUT2D eigenvalue weighted by atomic mass is 9.45. The van der Waals surface area contributed by atoms with Crippen LogP contribution in [0.25, 0.3) is 0 Å². The van der Waals surface area contributed by atoms with Gasteiger partial charge in [-0.25, -0.2) is 0 Å². The van der Waals surface area contributed by atoms with Gasteiger partial charge in [-0.2, -0.15) is 0 Å². The first-order chi connectivity index (χ1) is 12.1. The van der Waals surface area contributed by atoms with Crippen molar-refractivity contribution in [2.24, 2.45) is 34.5 Å². The molecule has 0 amide bonds. The zero-order valence-electron chi connectivity index (χ0n) is 16.6. The first kappa shape index (κ1) is 17.0. The predicted molar refractivity (Wildman–Crippen MR) is 103 cm³/mol. The molecule has 0 aromatic heterocycles. The monoisotopic (exact) mass is 345 g/mol. The van der Waals surface area contributed by atoms with E-state index in [9.17, 15) is 0 Å². The van der Waals surface area contributed by atoms with E-state index in [1.54, 1.807) is 25.7 Å². The van der Waals surface area contributed by atoms with Crippen molar-refractivity contribution in [2.75, 3.05) is 26.3 Å². The Morgan fingerprint density at radius 1 is 0.840 bits per heavy atom. The van der Waals surface area contributed by atoms with Gasteiger partial charge in [0.15, 0.2) is 0 Å². The number of morpholine rings is 1. The zero-order chi connectivity index (χ0) is 17.1. The number of fused-ring (bicyclic) bond motifs is 5. The third kappa shape index (κ3) is 2.64. The largest absolute Gasteiger partial charge is 0.379 e. The van der Waals surface area contributed by atoms with E-state index in [-0.39, 0.29) is 0 Å². The van der Waals surface area contributed by atoms with Gasteiger partial charge in [0, 0.05) is 19.1 Å². The molecule has 0 aromatic carbocycles. The van der Waals surface area contributed by atoms with E-state index in [0.29, 0.717) is 10.8 Å². The molecule has 1 aliphatic heterocycles. The van der Waals surface area contributed by atoms with Crippen molar-refractivity contribution >= 4 is 0 Å². The molecule has 2 nitrogen and oxygen atoms in total. The van der Waals surface area contributed by atoms with Gasteiger partial charge in [0.05, 0.1) is 13.2 Å². The fourth-order valence-corrected chi connectivity index (χ4v) is 8.58. The minimum Gasteiger partial charge on any atom is -0.379 e. The third-order valence-electron chi connectivity index (χ3n) is 9.93. The van der Waals surface area contributed by atoms with Crippen molar-refractivity contribution in [1.82, 2.24) is 4.90 Å². The highest BCUT2D eigenvalue weighted by Gasteiger charge is 2.58. The molecule has 1 saturated heterocycles. The maximum Gasteiger partial charge on any atom is 0.0594 e. The maximum atomic E-state index is 5.62. The van der Waals surface area contributed by atoms with Crippen LogP contribution in [0.2, 0.25) is 0 Å². The fourth-order valence-electron chi connectivity index (χ4n) is 8.58. The van der Waals surface area contributed by atoms with Crippen molar-refractivity contribution in [1.29, 1.82) is 0 Å². The highest BCUT2D eigenvalue weighted by atomic mass is 16.5. The molecular formula is C23H39NO. The molecule has 5 rings (SSSR count). The van der Waals surface area contributed by atoms with E-state index < -0.39 is 0 Å². The Morgan fingerprint density at radius 2 is 1.64 bits per heavy atom. The molecule has 5 fully saturated rings. The van der Waals surface area contributed by atoms with Crippen molar-refractivity contribution in [2.45, 2.75) is 84.1 Å². The van der Waals surface area contributed by atoms with E-state index in [4.69, 9.17) is 4.74 Å². The van der Waals surface area contributed by atoms with Gasteiger partial charge in [-0.1, -0.05) is 20.3 Å². The summed E-state index contributed by atoms with van der Waals surface area (Å²) in [6, 6.07) is 0.848. The van der Waals surface area contributed by atoms with E-state index in [1.807, 2.05) is 0 Å². The Kier molecular flexibility index (Phi) is 4.25. The summed E-state index contributed by atoms with van der Waals surface area (Å²) >= 11 is 0. The number of hydrogen-bond acceptors (Lipinski definition) is 2. The van der Waals surface area contributed by atoms with Crippen LogP contribution in [0, 0.1) is 34.5 Å².